The normalized spacial score (nSPS) is 17.1. The standard InChI is InChI=1S/C13H22ClN3/c1-16-11-8-15-13(16)6-9-17(10-7-14)12-4-2-3-5-12/h8,11-12H,2-7,9-10H2,1H3. The lowest BCUT2D eigenvalue weighted by molar-refractivity contribution is 0.211. The van der Waals surface area contributed by atoms with Gasteiger partial charge in [0.05, 0.1) is 0 Å². The molecule has 0 amide bonds. The van der Waals surface area contributed by atoms with Crippen molar-refractivity contribution in [2.24, 2.45) is 7.05 Å². The number of aromatic nitrogens is 2. The van der Waals surface area contributed by atoms with Gasteiger partial charge in [-0.2, -0.15) is 0 Å². The van der Waals surface area contributed by atoms with Gasteiger partial charge in [0.25, 0.3) is 0 Å². The first kappa shape index (κ1) is 12.9. The molecular formula is C13H22ClN3. The molecule has 0 atom stereocenters. The molecule has 1 fully saturated rings. The average molecular weight is 256 g/mol. The fraction of sp³-hybridized carbons (Fsp3) is 0.769. The van der Waals surface area contributed by atoms with E-state index in [0.29, 0.717) is 0 Å². The van der Waals surface area contributed by atoms with Crippen molar-refractivity contribution in [3.63, 3.8) is 0 Å². The Morgan fingerprint density at radius 3 is 2.76 bits per heavy atom. The summed E-state index contributed by atoms with van der Waals surface area (Å²) in [7, 11) is 2.06. The maximum Gasteiger partial charge on any atom is 0.109 e. The summed E-state index contributed by atoms with van der Waals surface area (Å²) in [5.74, 6) is 1.90. The topological polar surface area (TPSA) is 21.1 Å². The van der Waals surface area contributed by atoms with E-state index in [9.17, 15) is 0 Å². The third-order valence-electron chi connectivity index (χ3n) is 3.76. The first-order valence-corrected chi connectivity index (χ1v) is 7.11. The second-order valence-corrected chi connectivity index (χ2v) is 5.25. The van der Waals surface area contributed by atoms with Gasteiger partial charge in [0.1, 0.15) is 5.82 Å². The van der Waals surface area contributed by atoms with Crippen molar-refractivity contribution in [3.8, 4) is 0 Å². The number of rotatable bonds is 6. The van der Waals surface area contributed by atoms with Crippen LogP contribution in [-0.4, -0.2) is 39.5 Å². The molecule has 0 N–H and O–H groups in total. The quantitative estimate of drug-likeness (QED) is 0.728. The summed E-state index contributed by atoms with van der Waals surface area (Å²) in [6, 6.07) is 0.758. The molecule has 0 aromatic carbocycles. The lowest BCUT2D eigenvalue weighted by atomic mass is 10.2. The molecule has 4 heteroatoms. The second-order valence-electron chi connectivity index (χ2n) is 4.87. The lowest BCUT2D eigenvalue weighted by Crippen LogP contribution is -2.36. The summed E-state index contributed by atoms with van der Waals surface area (Å²) >= 11 is 5.90. The maximum absolute atomic E-state index is 5.90. The van der Waals surface area contributed by atoms with E-state index in [1.807, 2.05) is 12.4 Å². The van der Waals surface area contributed by atoms with Gasteiger partial charge < -0.3 is 4.57 Å². The highest BCUT2D eigenvalue weighted by Crippen LogP contribution is 2.23. The van der Waals surface area contributed by atoms with E-state index in [4.69, 9.17) is 11.6 Å². The summed E-state index contributed by atoms with van der Waals surface area (Å²) in [6.45, 7) is 2.10. The largest absolute Gasteiger partial charge is 0.338 e. The van der Waals surface area contributed by atoms with E-state index in [-0.39, 0.29) is 0 Å². The van der Waals surface area contributed by atoms with Crippen molar-refractivity contribution >= 4 is 11.6 Å². The number of hydrogen-bond donors (Lipinski definition) is 0. The summed E-state index contributed by atoms with van der Waals surface area (Å²) < 4.78 is 2.10. The van der Waals surface area contributed by atoms with E-state index in [1.165, 1.54) is 31.5 Å². The van der Waals surface area contributed by atoms with Crippen LogP contribution in [0.15, 0.2) is 12.4 Å². The summed E-state index contributed by atoms with van der Waals surface area (Å²) in [5, 5.41) is 0. The van der Waals surface area contributed by atoms with Crippen molar-refractivity contribution in [3.05, 3.63) is 18.2 Å². The summed E-state index contributed by atoms with van der Waals surface area (Å²) in [6.07, 6.45) is 10.4. The Morgan fingerprint density at radius 2 is 2.18 bits per heavy atom. The first-order chi connectivity index (χ1) is 8.31. The average Bonchev–Trinajstić information content (AvgIpc) is 2.96. The Morgan fingerprint density at radius 1 is 1.41 bits per heavy atom. The van der Waals surface area contributed by atoms with E-state index in [1.54, 1.807) is 0 Å². The summed E-state index contributed by atoms with van der Waals surface area (Å²) in [4.78, 5) is 6.93. The van der Waals surface area contributed by atoms with Gasteiger partial charge in [0.15, 0.2) is 0 Å². The van der Waals surface area contributed by atoms with Gasteiger partial charge in [0.2, 0.25) is 0 Å². The first-order valence-electron chi connectivity index (χ1n) is 6.57. The van der Waals surface area contributed by atoms with Crippen molar-refractivity contribution in [1.82, 2.24) is 14.5 Å². The van der Waals surface area contributed by atoms with Gasteiger partial charge in [0, 0.05) is 50.9 Å². The highest BCUT2D eigenvalue weighted by Gasteiger charge is 2.21. The number of alkyl halides is 1. The van der Waals surface area contributed by atoms with Crippen LogP contribution in [0.4, 0.5) is 0 Å². The molecule has 96 valence electrons. The number of halogens is 1. The molecule has 0 spiro atoms. The van der Waals surface area contributed by atoms with Gasteiger partial charge in [-0.1, -0.05) is 12.8 Å². The van der Waals surface area contributed by atoms with E-state index >= 15 is 0 Å². The van der Waals surface area contributed by atoms with E-state index in [0.717, 1.165) is 31.4 Å². The molecule has 3 nitrogen and oxygen atoms in total. The molecule has 0 unspecified atom stereocenters. The van der Waals surface area contributed by atoms with Gasteiger partial charge in [-0.3, -0.25) is 4.90 Å². The molecule has 0 aliphatic heterocycles. The molecule has 1 aromatic rings. The number of nitrogens with zero attached hydrogens (tertiary/aromatic N) is 3. The van der Waals surface area contributed by atoms with Crippen LogP contribution in [0.1, 0.15) is 31.5 Å². The third kappa shape index (κ3) is 3.46. The predicted molar refractivity (Wildman–Crippen MR) is 71.5 cm³/mol. The number of imidazole rings is 1. The molecule has 0 bridgehead atoms. The highest BCUT2D eigenvalue weighted by molar-refractivity contribution is 6.18. The Kier molecular flexibility index (Phi) is 4.86. The van der Waals surface area contributed by atoms with E-state index < -0.39 is 0 Å². The van der Waals surface area contributed by atoms with Gasteiger partial charge in [-0.15, -0.1) is 11.6 Å². The zero-order valence-electron chi connectivity index (χ0n) is 10.6. The zero-order chi connectivity index (χ0) is 12.1. The molecule has 0 saturated heterocycles. The van der Waals surface area contributed by atoms with Crippen LogP contribution in [0, 0.1) is 0 Å². The third-order valence-corrected chi connectivity index (χ3v) is 3.93. The fourth-order valence-electron chi connectivity index (χ4n) is 2.74. The van der Waals surface area contributed by atoms with Crippen LogP contribution < -0.4 is 0 Å². The molecular weight excluding hydrogens is 234 g/mol. The van der Waals surface area contributed by atoms with Gasteiger partial charge in [-0.05, 0) is 12.8 Å². The van der Waals surface area contributed by atoms with Gasteiger partial charge in [-0.25, -0.2) is 4.98 Å². The predicted octanol–water partition coefficient (Wildman–Crippen LogP) is 2.45. The minimum atomic E-state index is 0.733. The van der Waals surface area contributed by atoms with Crippen LogP contribution in [0.3, 0.4) is 0 Å². The highest BCUT2D eigenvalue weighted by atomic mass is 35.5. The summed E-state index contributed by atoms with van der Waals surface area (Å²) in [5.41, 5.74) is 0. The molecule has 1 aliphatic carbocycles. The van der Waals surface area contributed by atoms with E-state index in [2.05, 4.69) is 21.5 Å². The molecule has 2 rings (SSSR count). The fourth-order valence-corrected chi connectivity index (χ4v) is 2.95. The Balaban J connectivity index is 1.86. The van der Waals surface area contributed by atoms with Crippen LogP contribution in [0.5, 0.6) is 0 Å². The lowest BCUT2D eigenvalue weighted by Gasteiger charge is -2.27. The minimum absolute atomic E-state index is 0.733. The van der Waals surface area contributed by atoms with Crippen LogP contribution in [-0.2, 0) is 13.5 Å². The van der Waals surface area contributed by atoms with Crippen LogP contribution in [0.25, 0.3) is 0 Å². The monoisotopic (exact) mass is 255 g/mol. The molecule has 1 heterocycles. The maximum atomic E-state index is 5.90. The Bertz CT molecular complexity index is 331. The Labute approximate surface area is 109 Å². The van der Waals surface area contributed by atoms with Crippen molar-refractivity contribution in [2.45, 2.75) is 38.1 Å². The zero-order valence-corrected chi connectivity index (χ0v) is 11.4. The second kappa shape index (κ2) is 6.41. The molecule has 1 aromatic heterocycles. The minimum Gasteiger partial charge on any atom is -0.338 e. The Hall–Kier alpha value is -0.540. The van der Waals surface area contributed by atoms with Crippen molar-refractivity contribution in [1.29, 1.82) is 0 Å². The smallest absolute Gasteiger partial charge is 0.109 e. The number of hydrogen-bond acceptors (Lipinski definition) is 2. The van der Waals surface area contributed by atoms with Crippen molar-refractivity contribution in [2.75, 3.05) is 19.0 Å². The van der Waals surface area contributed by atoms with Gasteiger partial charge >= 0.3 is 0 Å². The van der Waals surface area contributed by atoms with Crippen molar-refractivity contribution < 1.29 is 0 Å². The van der Waals surface area contributed by atoms with Crippen LogP contribution >= 0.6 is 11.6 Å². The number of aryl methyl sites for hydroxylation is 1. The molecule has 0 radical (unpaired) electrons. The molecule has 1 saturated carbocycles. The molecule has 1 aliphatic rings. The SMILES string of the molecule is Cn1ccnc1CCN(CCCl)C1CCCC1. The van der Waals surface area contributed by atoms with Crippen LogP contribution in [0.2, 0.25) is 0 Å². The molecule has 17 heavy (non-hydrogen) atoms.